The van der Waals surface area contributed by atoms with E-state index >= 15 is 0 Å². The van der Waals surface area contributed by atoms with E-state index < -0.39 is 0 Å². The maximum absolute atomic E-state index is 14.0. The zero-order chi connectivity index (χ0) is 13.9. The Labute approximate surface area is 120 Å². The van der Waals surface area contributed by atoms with Crippen LogP contribution in [0, 0.1) is 11.7 Å². The summed E-state index contributed by atoms with van der Waals surface area (Å²) in [5, 5.41) is 5.48. The van der Waals surface area contributed by atoms with Crippen LogP contribution in [0.3, 0.4) is 0 Å². The summed E-state index contributed by atoms with van der Waals surface area (Å²) in [7, 11) is 0. The van der Waals surface area contributed by atoms with Gasteiger partial charge in [-0.25, -0.2) is 4.39 Å². The summed E-state index contributed by atoms with van der Waals surface area (Å²) in [4.78, 5) is 0. The highest BCUT2D eigenvalue weighted by molar-refractivity contribution is 5.86. The molecule has 0 saturated heterocycles. The Hall–Kier alpha value is -1.41. The van der Waals surface area contributed by atoms with Crippen molar-refractivity contribution in [2.75, 3.05) is 6.54 Å². The number of benzene rings is 2. The van der Waals surface area contributed by atoms with E-state index in [1.807, 2.05) is 30.3 Å². The summed E-state index contributed by atoms with van der Waals surface area (Å²) in [6, 6.07) is 11.8. The first-order chi connectivity index (χ1) is 9.81. The Morgan fingerprint density at radius 2 is 1.90 bits per heavy atom. The molecule has 0 spiro atoms. The van der Waals surface area contributed by atoms with E-state index in [-0.39, 0.29) is 5.82 Å². The van der Waals surface area contributed by atoms with Crippen LogP contribution in [0.25, 0.3) is 10.8 Å². The zero-order valence-corrected chi connectivity index (χ0v) is 12.0. The minimum Gasteiger partial charge on any atom is -0.310 e. The molecule has 1 N–H and O–H groups in total. The molecule has 0 radical (unpaired) electrons. The van der Waals surface area contributed by atoms with Gasteiger partial charge in [-0.1, -0.05) is 43.7 Å². The van der Waals surface area contributed by atoms with Crippen molar-refractivity contribution in [1.82, 2.24) is 5.32 Å². The Bertz CT molecular complexity index is 589. The van der Waals surface area contributed by atoms with Crippen molar-refractivity contribution < 1.29 is 4.39 Å². The fourth-order valence-electron chi connectivity index (χ4n) is 3.16. The molecule has 1 fully saturated rings. The molecule has 20 heavy (non-hydrogen) atoms. The maximum Gasteiger partial charge on any atom is 0.131 e. The molecule has 1 nitrogen and oxygen atoms in total. The van der Waals surface area contributed by atoms with Crippen LogP contribution >= 0.6 is 0 Å². The van der Waals surface area contributed by atoms with Gasteiger partial charge in [-0.05, 0) is 48.7 Å². The number of hydrogen-bond acceptors (Lipinski definition) is 1. The van der Waals surface area contributed by atoms with Crippen LogP contribution in [-0.4, -0.2) is 6.54 Å². The smallest absolute Gasteiger partial charge is 0.131 e. The SMILES string of the molecule is CCCNC(c1ccc(F)c2ccccc12)C1CCC1. The maximum atomic E-state index is 14.0. The van der Waals surface area contributed by atoms with Gasteiger partial charge in [0.25, 0.3) is 0 Å². The van der Waals surface area contributed by atoms with E-state index in [1.165, 1.54) is 24.8 Å². The van der Waals surface area contributed by atoms with Gasteiger partial charge in [0.15, 0.2) is 0 Å². The Morgan fingerprint density at radius 1 is 1.15 bits per heavy atom. The Kier molecular flexibility index (Phi) is 4.02. The monoisotopic (exact) mass is 271 g/mol. The van der Waals surface area contributed by atoms with E-state index in [1.54, 1.807) is 6.07 Å². The summed E-state index contributed by atoms with van der Waals surface area (Å²) in [6.45, 7) is 3.21. The highest BCUT2D eigenvalue weighted by Gasteiger charge is 2.29. The number of halogens is 1. The van der Waals surface area contributed by atoms with Crippen LogP contribution in [0.2, 0.25) is 0 Å². The second-order valence-corrected chi connectivity index (χ2v) is 5.80. The van der Waals surface area contributed by atoms with E-state index in [4.69, 9.17) is 0 Å². The first kappa shape index (κ1) is 13.6. The van der Waals surface area contributed by atoms with Gasteiger partial charge in [-0.2, -0.15) is 0 Å². The van der Waals surface area contributed by atoms with Crippen LogP contribution in [0.5, 0.6) is 0 Å². The molecule has 2 heteroatoms. The standard InChI is InChI=1S/C18H22FN/c1-2-12-20-18(13-6-5-7-13)16-10-11-17(19)15-9-4-3-8-14(15)16/h3-4,8-11,13,18,20H,2,5-7,12H2,1H3. The van der Waals surface area contributed by atoms with E-state index in [9.17, 15) is 4.39 Å². The van der Waals surface area contributed by atoms with Crippen molar-refractivity contribution >= 4 is 10.8 Å². The molecule has 106 valence electrons. The first-order valence-electron chi connectivity index (χ1n) is 7.71. The van der Waals surface area contributed by atoms with Crippen LogP contribution in [0.15, 0.2) is 36.4 Å². The van der Waals surface area contributed by atoms with Crippen molar-refractivity contribution in [1.29, 1.82) is 0 Å². The molecule has 0 bridgehead atoms. The van der Waals surface area contributed by atoms with Gasteiger partial charge in [-0.15, -0.1) is 0 Å². The molecule has 1 aliphatic carbocycles. The van der Waals surface area contributed by atoms with Crippen molar-refractivity contribution in [3.63, 3.8) is 0 Å². The minimum atomic E-state index is -0.118. The number of hydrogen-bond donors (Lipinski definition) is 1. The molecule has 0 heterocycles. The fraction of sp³-hybridized carbons (Fsp3) is 0.444. The molecule has 2 aromatic rings. The fourth-order valence-corrected chi connectivity index (χ4v) is 3.16. The lowest BCUT2D eigenvalue weighted by Crippen LogP contribution is -2.32. The normalized spacial score (nSPS) is 17.1. The molecular weight excluding hydrogens is 249 g/mol. The highest BCUT2D eigenvalue weighted by atomic mass is 19.1. The topological polar surface area (TPSA) is 12.0 Å². The van der Waals surface area contributed by atoms with Crippen molar-refractivity contribution in [2.24, 2.45) is 5.92 Å². The molecule has 1 saturated carbocycles. The van der Waals surface area contributed by atoms with Crippen molar-refractivity contribution in [2.45, 2.75) is 38.6 Å². The third-order valence-corrected chi connectivity index (χ3v) is 4.48. The quantitative estimate of drug-likeness (QED) is 0.822. The van der Waals surface area contributed by atoms with Crippen molar-refractivity contribution in [3.8, 4) is 0 Å². The lowest BCUT2D eigenvalue weighted by atomic mass is 9.76. The van der Waals surface area contributed by atoms with Gasteiger partial charge >= 0.3 is 0 Å². The predicted molar refractivity (Wildman–Crippen MR) is 82.3 cm³/mol. The third-order valence-electron chi connectivity index (χ3n) is 4.48. The van der Waals surface area contributed by atoms with Crippen LogP contribution in [-0.2, 0) is 0 Å². The van der Waals surface area contributed by atoms with Gasteiger partial charge in [0.2, 0.25) is 0 Å². The average molecular weight is 271 g/mol. The van der Waals surface area contributed by atoms with E-state index in [2.05, 4.69) is 12.2 Å². The molecule has 1 unspecified atom stereocenters. The second kappa shape index (κ2) is 5.92. The van der Waals surface area contributed by atoms with Gasteiger partial charge in [0.05, 0.1) is 0 Å². The predicted octanol–water partition coefficient (Wildman–Crippen LogP) is 4.82. The first-order valence-corrected chi connectivity index (χ1v) is 7.71. The molecule has 2 aromatic carbocycles. The zero-order valence-electron chi connectivity index (χ0n) is 12.0. The molecular formula is C18H22FN. The van der Waals surface area contributed by atoms with Gasteiger partial charge in [0.1, 0.15) is 5.82 Å². The Morgan fingerprint density at radius 3 is 2.55 bits per heavy atom. The lowest BCUT2D eigenvalue weighted by molar-refractivity contribution is 0.232. The van der Waals surface area contributed by atoms with Crippen LogP contribution < -0.4 is 5.32 Å². The minimum absolute atomic E-state index is 0.118. The van der Waals surface area contributed by atoms with E-state index in [0.717, 1.165) is 23.7 Å². The molecule has 0 amide bonds. The molecule has 3 rings (SSSR count). The summed E-state index contributed by atoms with van der Waals surface area (Å²) in [6.07, 6.45) is 5.02. The van der Waals surface area contributed by atoms with Crippen LogP contribution in [0.1, 0.15) is 44.2 Å². The summed E-state index contributed by atoms with van der Waals surface area (Å²) >= 11 is 0. The average Bonchev–Trinajstić information content (AvgIpc) is 2.42. The second-order valence-electron chi connectivity index (χ2n) is 5.80. The van der Waals surface area contributed by atoms with Gasteiger partial charge < -0.3 is 5.32 Å². The molecule has 0 aromatic heterocycles. The van der Waals surface area contributed by atoms with Crippen molar-refractivity contribution in [3.05, 3.63) is 47.8 Å². The van der Waals surface area contributed by atoms with Crippen LogP contribution in [0.4, 0.5) is 4.39 Å². The summed E-state index contributed by atoms with van der Waals surface area (Å²) in [5.41, 5.74) is 1.26. The molecule has 1 atom stereocenters. The van der Waals surface area contributed by atoms with Gasteiger partial charge in [0, 0.05) is 11.4 Å². The number of nitrogens with one attached hydrogen (secondary N) is 1. The van der Waals surface area contributed by atoms with E-state index in [0.29, 0.717) is 12.0 Å². The third kappa shape index (κ3) is 2.45. The number of fused-ring (bicyclic) bond motifs is 1. The molecule has 0 aliphatic heterocycles. The number of rotatable bonds is 5. The highest BCUT2D eigenvalue weighted by Crippen LogP contribution is 2.40. The summed E-state index contributed by atoms with van der Waals surface area (Å²) in [5.74, 6) is 0.586. The largest absolute Gasteiger partial charge is 0.310 e. The summed E-state index contributed by atoms with van der Waals surface area (Å²) < 4.78 is 14.0. The lowest BCUT2D eigenvalue weighted by Gasteiger charge is -2.35. The van der Waals surface area contributed by atoms with Gasteiger partial charge in [-0.3, -0.25) is 0 Å². The Balaban J connectivity index is 2.03. The molecule has 1 aliphatic rings.